The van der Waals surface area contributed by atoms with Gasteiger partial charge in [0, 0.05) is 44.2 Å². The van der Waals surface area contributed by atoms with Crippen LogP contribution in [0.25, 0.3) is 11.3 Å². The number of amides is 1. The van der Waals surface area contributed by atoms with Gasteiger partial charge in [-0.2, -0.15) is 18.4 Å². The Hall–Kier alpha value is -4.44. The minimum atomic E-state index is -4.66. The first-order chi connectivity index (χ1) is 22.7. The Balaban J connectivity index is 1.28. The predicted molar refractivity (Wildman–Crippen MR) is 168 cm³/mol. The molecule has 4 aliphatic heterocycles. The topological polar surface area (TPSA) is 116 Å². The summed E-state index contributed by atoms with van der Waals surface area (Å²) in [5.74, 6) is 0.676. The third kappa shape index (κ3) is 6.98. The molecule has 10 nitrogen and oxygen atoms in total. The number of piperidine rings is 4. The van der Waals surface area contributed by atoms with Crippen LogP contribution in [0.5, 0.6) is 11.6 Å². The molecule has 4 fully saturated rings. The quantitative estimate of drug-likeness (QED) is 0.322. The van der Waals surface area contributed by atoms with Crippen molar-refractivity contribution in [3.05, 3.63) is 59.7 Å². The first kappa shape index (κ1) is 32.5. The molecule has 0 radical (unpaired) electrons. The van der Waals surface area contributed by atoms with Gasteiger partial charge in [-0.1, -0.05) is 6.92 Å². The van der Waals surface area contributed by atoms with Crippen molar-refractivity contribution in [2.24, 2.45) is 5.92 Å². The predicted octanol–water partition coefficient (Wildman–Crippen LogP) is 5.48. The number of carbonyl (C=O) groups is 1. The molecule has 7 rings (SSSR count). The average Bonchev–Trinajstić information content (AvgIpc) is 3.08. The molecule has 0 spiro atoms. The SMILES string of the molecule is CCOc1ncccc1-c1ccc(N2CC[C@H](Oc3ccc(C(F)(F)F)nc3C#N)C[C@@H]2CC)c(C(=O)N[C@@H]2CN3CCC2CC3)n1. The van der Waals surface area contributed by atoms with E-state index < -0.39 is 17.6 Å². The van der Waals surface area contributed by atoms with Crippen LogP contribution < -0.4 is 19.7 Å². The number of halogens is 3. The molecule has 0 aromatic carbocycles. The summed E-state index contributed by atoms with van der Waals surface area (Å²) in [5.41, 5.74) is 0.756. The highest BCUT2D eigenvalue weighted by Crippen LogP contribution is 2.36. The number of nitrogens with zero attached hydrogens (tertiary/aromatic N) is 6. The summed E-state index contributed by atoms with van der Waals surface area (Å²) in [6.07, 6.45) is 0.522. The van der Waals surface area contributed by atoms with E-state index in [0.717, 1.165) is 51.0 Å². The largest absolute Gasteiger partial charge is 0.487 e. The van der Waals surface area contributed by atoms with E-state index in [4.69, 9.17) is 14.5 Å². The van der Waals surface area contributed by atoms with Crippen LogP contribution in [0.1, 0.15) is 67.8 Å². The van der Waals surface area contributed by atoms with Crippen LogP contribution in [0, 0.1) is 17.2 Å². The number of nitriles is 1. The highest BCUT2D eigenvalue weighted by molar-refractivity contribution is 5.99. The molecule has 1 amide bonds. The minimum absolute atomic E-state index is 0.0268. The average molecular weight is 650 g/mol. The molecule has 3 aromatic heterocycles. The Kier molecular flexibility index (Phi) is 9.50. The van der Waals surface area contributed by atoms with Crippen molar-refractivity contribution in [3.8, 4) is 29.0 Å². The maximum atomic E-state index is 14.1. The van der Waals surface area contributed by atoms with Crippen LogP contribution in [-0.4, -0.2) is 76.7 Å². The number of hydrogen-bond donors (Lipinski definition) is 1. The summed E-state index contributed by atoms with van der Waals surface area (Å²) in [6.45, 7) is 7.82. The molecule has 0 unspecified atom stereocenters. The van der Waals surface area contributed by atoms with Crippen LogP contribution in [0.4, 0.5) is 18.9 Å². The van der Waals surface area contributed by atoms with Gasteiger partial charge < -0.3 is 24.6 Å². The number of aromatic nitrogens is 3. The van der Waals surface area contributed by atoms with Gasteiger partial charge in [0.2, 0.25) is 5.88 Å². The van der Waals surface area contributed by atoms with Gasteiger partial charge >= 0.3 is 6.18 Å². The molecule has 4 aliphatic rings. The summed E-state index contributed by atoms with van der Waals surface area (Å²) < 4.78 is 51.4. The first-order valence-corrected chi connectivity index (χ1v) is 16.2. The summed E-state index contributed by atoms with van der Waals surface area (Å²) >= 11 is 0. The van der Waals surface area contributed by atoms with E-state index >= 15 is 0 Å². The van der Waals surface area contributed by atoms with Gasteiger partial charge in [0.25, 0.3) is 5.91 Å². The molecule has 4 saturated heterocycles. The van der Waals surface area contributed by atoms with E-state index in [9.17, 15) is 23.2 Å². The Morgan fingerprint density at radius 1 is 1.09 bits per heavy atom. The Morgan fingerprint density at radius 2 is 1.89 bits per heavy atom. The molecule has 2 bridgehead atoms. The van der Waals surface area contributed by atoms with E-state index in [1.54, 1.807) is 12.3 Å². The van der Waals surface area contributed by atoms with Gasteiger partial charge in [-0.15, -0.1) is 0 Å². The second-order valence-electron chi connectivity index (χ2n) is 12.2. The lowest BCUT2D eigenvalue weighted by Crippen LogP contribution is -2.57. The lowest BCUT2D eigenvalue weighted by atomic mass is 9.84. The van der Waals surface area contributed by atoms with Crippen LogP contribution in [-0.2, 0) is 6.18 Å². The van der Waals surface area contributed by atoms with E-state index in [1.165, 1.54) is 0 Å². The zero-order valence-corrected chi connectivity index (χ0v) is 26.5. The maximum Gasteiger partial charge on any atom is 0.433 e. The summed E-state index contributed by atoms with van der Waals surface area (Å²) in [6, 6.07) is 11.2. The zero-order valence-electron chi connectivity index (χ0n) is 26.5. The number of pyridine rings is 3. The second kappa shape index (κ2) is 13.7. The highest BCUT2D eigenvalue weighted by Gasteiger charge is 2.38. The van der Waals surface area contributed by atoms with Gasteiger partial charge in [-0.05, 0) is 81.6 Å². The van der Waals surface area contributed by atoms with Gasteiger partial charge in [-0.3, -0.25) is 4.79 Å². The number of ether oxygens (including phenoxy) is 2. The maximum absolute atomic E-state index is 14.1. The number of carbonyl (C=O) groups excluding carboxylic acids is 1. The van der Waals surface area contributed by atoms with Crippen molar-refractivity contribution in [2.75, 3.05) is 37.7 Å². The molecule has 248 valence electrons. The lowest BCUT2D eigenvalue weighted by Gasteiger charge is -2.45. The number of alkyl halides is 3. The Morgan fingerprint density at radius 3 is 2.57 bits per heavy atom. The third-order valence-electron chi connectivity index (χ3n) is 9.39. The molecular formula is C34H38F3N7O3. The first-order valence-electron chi connectivity index (χ1n) is 16.2. The van der Waals surface area contributed by atoms with Gasteiger partial charge in [0.1, 0.15) is 17.9 Å². The van der Waals surface area contributed by atoms with Crippen LogP contribution >= 0.6 is 0 Å². The summed E-state index contributed by atoms with van der Waals surface area (Å²) in [7, 11) is 0. The molecule has 0 saturated carbocycles. The highest BCUT2D eigenvalue weighted by atomic mass is 19.4. The zero-order chi connectivity index (χ0) is 33.1. The summed E-state index contributed by atoms with van der Waals surface area (Å²) in [5, 5.41) is 12.8. The van der Waals surface area contributed by atoms with Gasteiger partial charge in [0.05, 0.1) is 23.6 Å². The fraction of sp³-hybridized carbons (Fsp3) is 0.500. The minimum Gasteiger partial charge on any atom is -0.487 e. The number of fused-ring (bicyclic) bond motifs is 3. The molecule has 13 heteroatoms. The van der Waals surface area contributed by atoms with Crippen molar-refractivity contribution in [1.82, 2.24) is 25.2 Å². The van der Waals surface area contributed by atoms with Gasteiger partial charge in [0.15, 0.2) is 17.1 Å². The standard InChI is InChI=1S/C34H38F3N7O3/c1-3-22-18-23(47-29-9-10-30(34(35,36)37)40-26(29)19-38)13-17-44(22)28-8-7-25(24-6-5-14-39-33(24)46-4-2)41-31(28)32(45)42-27-20-43-15-11-21(27)12-16-43/h5-10,14,21-23,27H,3-4,11-13,15-18,20H2,1-2H3,(H,42,45)/t22-,23-,27+/m0/s1. The molecule has 1 N–H and O–H groups in total. The Labute approximate surface area is 271 Å². The van der Waals surface area contributed by atoms with Crippen LogP contribution in [0.3, 0.4) is 0 Å². The normalized spacial score (nSPS) is 24.0. The van der Waals surface area contributed by atoms with Crippen molar-refractivity contribution < 1.29 is 27.4 Å². The molecule has 47 heavy (non-hydrogen) atoms. The van der Waals surface area contributed by atoms with Crippen molar-refractivity contribution >= 4 is 11.6 Å². The van der Waals surface area contributed by atoms with Crippen molar-refractivity contribution in [3.63, 3.8) is 0 Å². The van der Waals surface area contributed by atoms with E-state index in [0.29, 0.717) is 60.4 Å². The molecule has 0 aliphatic carbocycles. The molecule has 3 aromatic rings. The van der Waals surface area contributed by atoms with E-state index in [-0.39, 0.29) is 29.8 Å². The van der Waals surface area contributed by atoms with Crippen LogP contribution in [0.15, 0.2) is 42.6 Å². The van der Waals surface area contributed by atoms with Gasteiger partial charge in [-0.25, -0.2) is 15.0 Å². The number of nitrogens with one attached hydrogen (secondary N) is 1. The fourth-order valence-electron chi connectivity index (χ4n) is 6.99. The van der Waals surface area contributed by atoms with E-state index in [2.05, 4.69) is 25.1 Å². The van der Waals surface area contributed by atoms with Crippen molar-refractivity contribution in [2.45, 2.75) is 70.3 Å². The number of rotatable bonds is 9. The van der Waals surface area contributed by atoms with E-state index in [1.807, 2.05) is 38.1 Å². The number of anilines is 1. The lowest BCUT2D eigenvalue weighted by molar-refractivity contribution is -0.141. The smallest absolute Gasteiger partial charge is 0.433 e. The third-order valence-corrected chi connectivity index (χ3v) is 9.39. The molecule has 7 heterocycles. The molecular weight excluding hydrogens is 611 g/mol. The monoisotopic (exact) mass is 649 g/mol. The van der Waals surface area contributed by atoms with Crippen LogP contribution in [0.2, 0.25) is 0 Å². The number of hydrogen-bond acceptors (Lipinski definition) is 9. The summed E-state index contributed by atoms with van der Waals surface area (Å²) in [4.78, 5) is 31.5. The van der Waals surface area contributed by atoms with Crippen molar-refractivity contribution in [1.29, 1.82) is 5.26 Å². The Bertz CT molecular complexity index is 1640. The second-order valence-corrected chi connectivity index (χ2v) is 12.2. The fourth-order valence-corrected chi connectivity index (χ4v) is 6.99. The molecule has 3 atom stereocenters.